The topological polar surface area (TPSA) is 82.4 Å². The Kier molecular flexibility index (Phi) is 5.02. The van der Waals surface area contributed by atoms with Crippen molar-refractivity contribution in [1.82, 2.24) is 0 Å². The first-order valence-electron chi connectivity index (χ1n) is 9.37. The van der Waals surface area contributed by atoms with E-state index in [1.165, 1.54) is 11.0 Å². The molecule has 0 saturated heterocycles. The van der Waals surface area contributed by atoms with Gasteiger partial charge in [0.15, 0.2) is 0 Å². The van der Waals surface area contributed by atoms with Crippen LogP contribution in [-0.4, -0.2) is 55.2 Å². The fourth-order valence-electron chi connectivity index (χ4n) is 3.72. The Bertz CT molecular complexity index is 1010. The van der Waals surface area contributed by atoms with Gasteiger partial charge in [-0.3, -0.25) is 9.59 Å². The zero-order valence-electron chi connectivity index (χ0n) is 15.8. The molecule has 1 unspecified atom stereocenters. The molecule has 2 aromatic carbocycles. The largest absolute Gasteiger partial charge is 0.465 e. The average molecular weight is 397 g/mol. The summed E-state index contributed by atoms with van der Waals surface area (Å²) in [5, 5.41) is 10.4. The van der Waals surface area contributed by atoms with E-state index in [2.05, 4.69) is 4.99 Å². The molecule has 2 aromatic rings. The number of anilines is 2. The molecule has 2 aliphatic rings. The second kappa shape index (κ2) is 7.63. The van der Waals surface area contributed by atoms with Gasteiger partial charge in [0.25, 0.3) is 5.91 Å². The molecule has 7 nitrogen and oxygen atoms in total. The van der Waals surface area contributed by atoms with Gasteiger partial charge in [-0.15, -0.1) is 0 Å². The van der Waals surface area contributed by atoms with Crippen molar-refractivity contribution in [3.8, 4) is 0 Å². The van der Waals surface area contributed by atoms with Crippen molar-refractivity contribution in [3.05, 3.63) is 59.4 Å². The van der Waals surface area contributed by atoms with Gasteiger partial charge in [-0.25, -0.2) is 9.38 Å². The maximum atomic E-state index is 14.5. The highest BCUT2D eigenvalue weighted by Crippen LogP contribution is 2.39. The van der Waals surface area contributed by atoms with E-state index < -0.39 is 18.0 Å². The Morgan fingerprint density at radius 2 is 1.97 bits per heavy atom. The molecule has 1 amide bonds. The first-order chi connectivity index (χ1) is 14.0. The number of benzene rings is 2. The van der Waals surface area contributed by atoms with Gasteiger partial charge in [0.1, 0.15) is 12.4 Å². The molecule has 0 saturated carbocycles. The van der Waals surface area contributed by atoms with E-state index in [-0.39, 0.29) is 36.9 Å². The van der Waals surface area contributed by atoms with Crippen molar-refractivity contribution in [2.75, 3.05) is 36.0 Å². The van der Waals surface area contributed by atoms with Crippen molar-refractivity contribution < 1.29 is 23.8 Å². The lowest BCUT2D eigenvalue weighted by Gasteiger charge is -2.37. The molecule has 1 N–H and O–H groups in total. The summed E-state index contributed by atoms with van der Waals surface area (Å²) in [5.41, 5.74) is 2.05. The quantitative estimate of drug-likeness (QED) is 0.795. The maximum Gasteiger partial charge on any atom is 0.325 e. The summed E-state index contributed by atoms with van der Waals surface area (Å²) in [6.45, 7) is 2.70. The monoisotopic (exact) mass is 397 g/mol. The van der Waals surface area contributed by atoms with Crippen LogP contribution in [0.4, 0.5) is 15.8 Å². The van der Waals surface area contributed by atoms with E-state index in [1.807, 2.05) is 4.90 Å². The van der Waals surface area contributed by atoms with E-state index in [4.69, 9.17) is 4.74 Å². The van der Waals surface area contributed by atoms with Crippen LogP contribution in [0.3, 0.4) is 0 Å². The van der Waals surface area contributed by atoms with Gasteiger partial charge < -0.3 is 19.6 Å². The molecule has 0 bridgehead atoms. The number of carbonyl (C=O) groups is 2. The molecule has 29 heavy (non-hydrogen) atoms. The minimum Gasteiger partial charge on any atom is -0.465 e. The zero-order chi connectivity index (χ0) is 20.5. The first-order valence-corrected chi connectivity index (χ1v) is 9.37. The Hall–Kier alpha value is -3.26. The number of halogens is 1. The molecule has 0 aromatic heterocycles. The third kappa shape index (κ3) is 3.36. The van der Waals surface area contributed by atoms with Crippen molar-refractivity contribution in [2.45, 2.75) is 13.2 Å². The number of aliphatic hydroxyl groups excluding tert-OH is 1. The third-order valence-electron chi connectivity index (χ3n) is 4.97. The lowest BCUT2D eigenvalue weighted by molar-refractivity contribution is -0.141. The van der Waals surface area contributed by atoms with Crippen LogP contribution in [0.2, 0.25) is 0 Å². The lowest BCUT2D eigenvalue weighted by Crippen LogP contribution is -2.48. The highest BCUT2D eigenvalue weighted by atomic mass is 19.1. The number of esters is 1. The van der Waals surface area contributed by atoms with Crippen molar-refractivity contribution >= 4 is 29.0 Å². The van der Waals surface area contributed by atoms with Crippen LogP contribution < -0.4 is 9.80 Å². The van der Waals surface area contributed by atoms with E-state index >= 15 is 0 Å². The fraction of sp³-hybridized carbons (Fsp3) is 0.286. The van der Waals surface area contributed by atoms with Gasteiger partial charge in [-0.1, -0.05) is 24.3 Å². The molecule has 4 rings (SSSR count). The highest BCUT2D eigenvalue weighted by molar-refractivity contribution is 6.22. The minimum absolute atomic E-state index is 0.0288. The molecule has 0 spiro atoms. The minimum atomic E-state index is -1.64. The predicted molar refractivity (Wildman–Crippen MR) is 106 cm³/mol. The highest BCUT2D eigenvalue weighted by Gasteiger charge is 2.37. The van der Waals surface area contributed by atoms with Crippen LogP contribution in [0.15, 0.2) is 47.5 Å². The normalized spacial score (nSPS) is 18.1. The van der Waals surface area contributed by atoms with Crippen LogP contribution in [-0.2, 0) is 14.3 Å². The van der Waals surface area contributed by atoms with Crippen LogP contribution in [0.25, 0.3) is 0 Å². The summed E-state index contributed by atoms with van der Waals surface area (Å²) in [5.74, 6) is -1.46. The van der Waals surface area contributed by atoms with Crippen LogP contribution in [0.1, 0.15) is 18.1 Å². The fourth-order valence-corrected chi connectivity index (χ4v) is 3.72. The standard InChI is InChI=1S/C21H20FN3O4/c1-2-29-17(26)12-24-10-11-25-19-14(7-5-9-16(19)24)18(23-20(27)21(25)28)13-6-3-4-8-15(13)22/h3-9,20,27H,2,10-12H2,1H3. The number of aliphatic hydroxyl groups is 1. The smallest absolute Gasteiger partial charge is 0.325 e. The molecule has 150 valence electrons. The van der Waals surface area contributed by atoms with Crippen molar-refractivity contribution in [2.24, 2.45) is 4.99 Å². The molecule has 0 fully saturated rings. The van der Waals surface area contributed by atoms with Gasteiger partial charge in [-0.2, -0.15) is 0 Å². The van der Waals surface area contributed by atoms with E-state index in [0.717, 1.165) is 0 Å². The van der Waals surface area contributed by atoms with E-state index in [0.29, 0.717) is 23.5 Å². The van der Waals surface area contributed by atoms with Crippen molar-refractivity contribution in [3.63, 3.8) is 0 Å². The first kappa shape index (κ1) is 19.1. The van der Waals surface area contributed by atoms with Crippen LogP contribution in [0, 0.1) is 5.82 Å². The number of hydrogen-bond acceptors (Lipinski definition) is 6. The van der Waals surface area contributed by atoms with Gasteiger partial charge in [0.2, 0.25) is 6.23 Å². The summed E-state index contributed by atoms with van der Waals surface area (Å²) >= 11 is 0. The Labute approximate surface area is 167 Å². The summed E-state index contributed by atoms with van der Waals surface area (Å²) < 4.78 is 19.6. The van der Waals surface area contributed by atoms with Gasteiger partial charge >= 0.3 is 5.97 Å². The second-order valence-electron chi connectivity index (χ2n) is 6.72. The number of rotatable bonds is 4. The number of amides is 1. The molecule has 0 aliphatic carbocycles. The summed E-state index contributed by atoms with van der Waals surface area (Å²) in [6.07, 6.45) is -1.64. The van der Waals surface area contributed by atoms with Gasteiger partial charge in [0, 0.05) is 24.2 Å². The number of hydrogen-bond donors (Lipinski definition) is 1. The third-order valence-corrected chi connectivity index (χ3v) is 4.97. The van der Waals surface area contributed by atoms with Gasteiger partial charge in [-0.05, 0) is 25.1 Å². The molecule has 0 radical (unpaired) electrons. The molecular weight excluding hydrogens is 377 g/mol. The number of nitrogens with zero attached hydrogens (tertiary/aromatic N) is 3. The molecule has 8 heteroatoms. The van der Waals surface area contributed by atoms with E-state index in [1.54, 1.807) is 43.3 Å². The second-order valence-corrected chi connectivity index (χ2v) is 6.72. The summed E-state index contributed by atoms with van der Waals surface area (Å²) in [6, 6.07) is 11.4. The lowest BCUT2D eigenvalue weighted by atomic mass is 9.97. The number of ether oxygens (including phenoxy) is 1. The number of carbonyl (C=O) groups excluding carboxylic acids is 2. The predicted octanol–water partition coefficient (Wildman–Crippen LogP) is 1.71. The number of para-hydroxylation sites is 1. The zero-order valence-corrected chi connectivity index (χ0v) is 15.8. The van der Waals surface area contributed by atoms with Gasteiger partial charge in [0.05, 0.1) is 23.7 Å². The summed E-state index contributed by atoms with van der Waals surface area (Å²) in [7, 11) is 0. The Morgan fingerprint density at radius 1 is 1.21 bits per heavy atom. The van der Waals surface area contributed by atoms with Crippen LogP contribution in [0.5, 0.6) is 0 Å². The van der Waals surface area contributed by atoms with E-state index in [9.17, 15) is 19.1 Å². The molecule has 2 aliphatic heterocycles. The van der Waals surface area contributed by atoms with Crippen LogP contribution >= 0.6 is 0 Å². The Balaban J connectivity index is 1.87. The number of aliphatic imine (C=N–C) groups is 1. The molecule has 1 atom stereocenters. The van der Waals surface area contributed by atoms with Crippen molar-refractivity contribution in [1.29, 1.82) is 0 Å². The Morgan fingerprint density at radius 3 is 2.72 bits per heavy atom. The average Bonchev–Trinajstić information content (AvgIpc) is 2.82. The SMILES string of the molecule is CCOC(=O)CN1CCN2C(=O)C(O)N=C(c3ccccc3F)c3cccc1c32. The summed E-state index contributed by atoms with van der Waals surface area (Å²) in [4.78, 5) is 32.2. The molecule has 2 heterocycles. The molecular formula is C21H20FN3O4. The maximum absolute atomic E-state index is 14.5.